The number of fused-ring (bicyclic) bond motifs is 1. The number of aromatic nitrogens is 1. The second-order valence-electron chi connectivity index (χ2n) is 5.35. The molecule has 1 aromatic heterocycles. The molecule has 20 heavy (non-hydrogen) atoms. The number of nitrogens with two attached hydrogens (primary N) is 1. The fourth-order valence-electron chi connectivity index (χ4n) is 2.38. The van der Waals surface area contributed by atoms with Gasteiger partial charge < -0.3 is 16.2 Å². The first-order valence-corrected chi connectivity index (χ1v) is 7.13. The number of nitrogens with zero attached hydrogens (tertiary/aromatic N) is 1. The van der Waals surface area contributed by atoms with Crippen molar-refractivity contribution in [2.24, 2.45) is 5.41 Å². The van der Waals surface area contributed by atoms with Gasteiger partial charge in [-0.2, -0.15) is 0 Å². The van der Waals surface area contributed by atoms with E-state index < -0.39 is 0 Å². The first-order valence-electron chi connectivity index (χ1n) is 7.13. The van der Waals surface area contributed by atoms with Crippen molar-refractivity contribution in [1.82, 2.24) is 4.98 Å². The van der Waals surface area contributed by atoms with Crippen LogP contribution in [0.5, 0.6) is 0 Å². The van der Waals surface area contributed by atoms with E-state index in [9.17, 15) is 5.11 Å². The van der Waals surface area contributed by atoms with Crippen molar-refractivity contribution < 1.29 is 5.11 Å². The molecule has 0 saturated carbocycles. The van der Waals surface area contributed by atoms with E-state index >= 15 is 0 Å². The molecule has 0 spiro atoms. The van der Waals surface area contributed by atoms with Gasteiger partial charge in [0.05, 0.1) is 12.1 Å². The zero-order valence-electron chi connectivity index (χ0n) is 12.2. The van der Waals surface area contributed by atoms with Crippen LogP contribution in [0.1, 0.15) is 26.7 Å². The highest BCUT2D eigenvalue weighted by Crippen LogP contribution is 2.28. The molecular weight excluding hydrogens is 250 g/mol. The van der Waals surface area contributed by atoms with Crippen LogP contribution in [-0.4, -0.2) is 23.2 Å². The quantitative estimate of drug-likeness (QED) is 0.707. The number of aliphatic hydroxyl groups is 1. The van der Waals surface area contributed by atoms with Crippen molar-refractivity contribution in [1.29, 1.82) is 0 Å². The molecule has 0 atom stereocenters. The zero-order valence-corrected chi connectivity index (χ0v) is 12.2. The molecule has 0 fully saturated rings. The number of nitrogens with one attached hydrogen (secondary N) is 1. The Kier molecular flexibility index (Phi) is 4.45. The first-order chi connectivity index (χ1) is 9.64. The van der Waals surface area contributed by atoms with Gasteiger partial charge in [-0.1, -0.05) is 13.8 Å². The van der Waals surface area contributed by atoms with Gasteiger partial charge in [0.15, 0.2) is 0 Å². The molecule has 0 saturated heterocycles. The van der Waals surface area contributed by atoms with Crippen molar-refractivity contribution in [3.05, 3.63) is 30.5 Å². The minimum Gasteiger partial charge on any atom is -0.399 e. The summed E-state index contributed by atoms with van der Waals surface area (Å²) in [6, 6.07) is 7.71. The van der Waals surface area contributed by atoms with Gasteiger partial charge in [-0.15, -0.1) is 0 Å². The molecule has 0 unspecified atom stereocenters. The van der Waals surface area contributed by atoms with E-state index in [0.29, 0.717) is 5.69 Å². The first kappa shape index (κ1) is 14.6. The standard InChI is InChI=1S/C16H23N3O/c1-3-16(4-2,11-20)10-19-14-7-8-18-15-9-12(17)5-6-13(14)15/h5-9,20H,3-4,10-11,17H2,1-2H3,(H,18,19). The van der Waals surface area contributed by atoms with E-state index in [-0.39, 0.29) is 12.0 Å². The number of pyridine rings is 1. The Balaban J connectivity index is 2.26. The lowest BCUT2D eigenvalue weighted by Gasteiger charge is -2.30. The van der Waals surface area contributed by atoms with Gasteiger partial charge in [0.25, 0.3) is 0 Å². The lowest BCUT2D eigenvalue weighted by Crippen LogP contribution is -2.32. The predicted molar refractivity (Wildman–Crippen MR) is 84.7 cm³/mol. The normalized spacial score (nSPS) is 11.8. The molecule has 0 aliphatic carbocycles. The van der Waals surface area contributed by atoms with E-state index in [0.717, 1.165) is 36.0 Å². The Morgan fingerprint density at radius 2 is 2.00 bits per heavy atom. The third-order valence-corrected chi connectivity index (χ3v) is 4.26. The number of hydrogen-bond acceptors (Lipinski definition) is 4. The summed E-state index contributed by atoms with van der Waals surface area (Å²) in [6.07, 6.45) is 3.68. The highest BCUT2D eigenvalue weighted by atomic mass is 16.3. The third-order valence-electron chi connectivity index (χ3n) is 4.26. The number of anilines is 2. The molecule has 4 nitrogen and oxygen atoms in total. The van der Waals surface area contributed by atoms with Crippen LogP contribution in [0, 0.1) is 5.41 Å². The Hall–Kier alpha value is -1.81. The second kappa shape index (κ2) is 6.09. The van der Waals surface area contributed by atoms with Crippen LogP contribution in [0.2, 0.25) is 0 Å². The lowest BCUT2D eigenvalue weighted by molar-refractivity contribution is 0.127. The number of benzene rings is 1. The number of rotatable bonds is 6. The number of nitrogen functional groups attached to an aromatic ring is 1. The van der Waals surface area contributed by atoms with E-state index in [2.05, 4.69) is 24.1 Å². The van der Waals surface area contributed by atoms with Crippen LogP contribution in [0.15, 0.2) is 30.5 Å². The van der Waals surface area contributed by atoms with Crippen molar-refractivity contribution in [2.45, 2.75) is 26.7 Å². The number of hydrogen-bond donors (Lipinski definition) is 3. The largest absolute Gasteiger partial charge is 0.399 e. The molecule has 0 bridgehead atoms. The molecule has 2 rings (SSSR count). The summed E-state index contributed by atoms with van der Waals surface area (Å²) in [5.74, 6) is 0. The zero-order chi connectivity index (χ0) is 14.6. The molecule has 0 aliphatic rings. The summed E-state index contributed by atoms with van der Waals surface area (Å²) in [6.45, 7) is 5.18. The van der Waals surface area contributed by atoms with Gasteiger partial charge >= 0.3 is 0 Å². The molecule has 1 heterocycles. The monoisotopic (exact) mass is 273 g/mol. The average Bonchev–Trinajstić information content (AvgIpc) is 2.49. The van der Waals surface area contributed by atoms with E-state index in [4.69, 9.17) is 5.73 Å². The summed E-state index contributed by atoms with van der Waals surface area (Å²) >= 11 is 0. The fourth-order valence-corrected chi connectivity index (χ4v) is 2.38. The highest BCUT2D eigenvalue weighted by molar-refractivity contribution is 5.92. The Bertz CT molecular complexity index is 571. The maximum absolute atomic E-state index is 9.64. The van der Waals surface area contributed by atoms with Crippen LogP contribution in [0.3, 0.4) is 0 Å². The van der Waals surface area contributed by atoms with Crippen molar-refractivity contribution >= 4 is 22.3 Å². The maximum atomic E-state index is 9.64. The Morgan fingerprint density at radius 3 is 2.65 bits per heavy atom. The minimum absolute atomic E-state index is 0.0661. The average molecular weight is 273 g/mol. The molecule has 0 radical (unpaired) electrons. The Labute approximate surface area is 120 Å². The topological polar surface area (TPSA) is 71.2 Å². The predicted octanol–water partition coefficient (Wildman–Crippen LogP) is 3.03. The van der Waals surface area contributed by atoms with Crippen molar-refractivity contribution in [3.8, 4) is 0 Å². The molecule has 1 aromatic carbocycles. The smallest absolute Gasteiger partial charge is 0.0743 e. The Morgan fingerprint density at radius 1 is 1.25 bits per heavy atom. The highest BCUT2D eigenvalue weighted by Gasteiger charge is 2.25. The molecule has 0 aliphatic heterocycles. The van der Waals surface area contributed by atoms with Gasteiger partial charge in [0, 0.05) is 34.9 Å². The molecule has 4 N–H and O–H groups in total. The molecule has 108 valence electrons. The van der Waals surface area contributed by atoms with Gasteiger partial charge in [-0.25, -0.2) is 0 Å². The van der Waals surface area contributed by atoms with Gasteiger partial charge in [0.2, 0.25) is 0 Å². The van der Waals surface area contributed by atoms with Crippen molar-refractivity contribution in [3.63, 3.8) is 0 Å². The summed E-state index contributed by atoms with van der Waals surface area (Å²) in [7, 11) is 0. The molecular formula is C16H23N3O. The van der Waals surface area contributed by atoms with Gasteiger partial charge in [-0.05, 0) is 37.1 Å². The summed E-state index contributed by atoms with van der Waals surface area (Å²) in [5, 5.41) is 14.2. The number of aliphatic hydroxyl groups excluding tert-OH is 1. The maximum Gasteiger partial charge on any atom is 0.0743 e. The van der Waals surface area contributed by atoms with Crippen LogP contribution in [0.4, 0.5) is 11.4 Å². The summed E-state index contributed by atoms with van der Waals surface area (Å²) in [4.78, 5) is 4.34. The molecule has 2 aromatic rings. The molecule has 0 amide bonds. The summed E-state index contributed by atoms with van der Waals surface area (Å²) in [5.41, 5.74) is 8.36. The van der Waals surface area contributed by atoms with Crippen LogP contribution < -0.4 is 11.1 Å². The summed E-state index contributed by atoms with van der Waals surface area (Å²) < 4.78 is 0. The second-order valence-corrected chi connectivity index (χ2v) is 5.35. The van der Waals surface area contributed by atoms with Crippen LogP contribution >= 0.6 is 0 Å². The van der Waals surface area contributed by atoms with E-state index in [1.165, 1.54) is 0 Å². The van der Waals surface area contributed by atoms with Crippen LogP contribution in [-0.2, 0) is 0 Å². The molecule has 4 heteroatoms. The van der Waals surface area contributed by atoms with E-state index in [1.807, 2.05) is 24.3 Å². The third kappa shape index (κ3) is 2.85. The van der Waals surface area contributed by atoms with Crippen molar-refractivity contribution in [2.75, 3.05) is 24.2 Å². The van der Waals surface area contributed by atoms with Gasteiger partial charge in [-0.3, -0.25) is 4.98 Å². The SMILES string of the molecule is CCC(CC)(CO)CNc1ccnc2cc(N)ccc12. The van der Waals surface area contributed by atoms with Gasteiger partial charge in [0.1, 0.15) is 0 Å². The minimum atomic E-state index is -0.0661. The van der Waals surface area contributed by atoms with Crippen LogP contribution in [0.25, 0.3) is 10.9 Å². The lowest BCUT2D eigenvalue weighted by atomic mass is 9.83. The van der Waals surface area contributed by atoms with E-state index in [1.54, 1.807) is 6.20 Å². The fraction of sp³-hybridized carbons (Fsp3) is 0.438.